The molecule has 270 valence electrons. The Labute approximate surface area is 317 Å². The zero-order chi connectivity index (χ0) is 36.8. The molecule has 9 heteroatoms. The van der Waals surface area contributed by atoms with E-state index in [4.69, 9.17) is 23.7 Å². The summed E-state index contributed by atoms with van der Waals surface area (Å²) in [5, 5.41) is 3.68. The van der Waals surface area contributed by atoms with E-state index in [9.17, 15) is 4.79 Å². The van der Waals surface area contributed by atoms with Gasteiger partial charge in [0.25, 0.3) is 0 Å². The van der Waals surface area contributed by atoms with Crippen molar-refractivity contribution in [2.75, 3.05) is 18.5 Å². The highest BCUT2D eigenvalue weighted by Gasteiger charge is 2.47. The van der Waals surface area contributed by atoms with Gasteiger partial charge in [-0.15, -0.1) is 0 Å². The summed E-state index contributed by atoms with van der Waals surface area (Å²) in [6.07, 6.45) is 0.229. The highest BCUT2D eigenvalue weighted by molar-refractivity contribution is 5.67. The first-order chi connectivity index (χ1) is 27.1. The quantitative estimate of drug-likeness (QED) is 0.166. The van der Waals surface area contributed by atoms with E-state index in [0.717, 1.165) is 44.9 Å². The van der Waals surface area contributed by atoms with Crippen molar-refractivity contribution in [3.05, 3.63) is 214 Å². The molecule has 0 radical (unpaired) electrons. The molecule has 1 N–H and O–H groups in total. The lowest BCUT2D eigenvalue weighted by atomic mass is 9.75. The summed E-state index contributed by atoms with van der Waals surface area (Å²) in [5.74, 6) is 3.26. The van der Waals surface area contributed by atoms with Crippen LogP contribution in [0.4, 0.5) is 5.82 Å². The molecule has 3 aliphatic heterocycles. The van der Waals surface area contributed by atoms with Crippen LogP contribution in [0, 0.1) is 0 Å². The first-order valence-corrected chi connectivity index (χ1v) is 18.3. The summed E-state index contributed by atoms with van der Waals surface area (Å²) < 4.78 is 33.6. The average Bonchev–Trinajstić information content (AvgIpc) is 3.71. The highest BCUT2D eigenvalue weighted by Crippen LogP contribution is 2.53. The fourth-order valence-electron chi connectivity index (χ4n) is 8.14. The predicted molar refractivity (Wildman–Crippen MR) is 206 cm³/mol. The van der Waals surface area contributed by atoms with Gasteiger partial charge in [0, 0.05) is 28.5 Å². The fraction of sp³-hybridized carbons (Fsp3) is 0.130. The van der Waals surface area contributed by atoms with Crippen molar-refractivity contribution in [2.45, 2.75) is 23.7 Å². The Kier molecular flexibility index (Phi) is 8.06. The van der Waals surface area contributed by atoms with Gasteiger partial charge in [-0.3, -0.25) is 4.57 Å². The zero-order valence-corrected chi connectivity index (χ0v) is 29.6. The Bertz CT molecular complexity index is 2480. The van der Waals surface area contributed by atoms with Gasteiger partial charge < -0.3 is 29.0 Å². The molecule has 0 bridgehead atoms. The Morgan fingerprint density at radius 3 is 1.67 bits per heavy atom. The monoisotopic (exact) mass is 725 g/mol. The largest absolute Gasteiger partial charge is 0.457 e. The van der Waals surface area contributed by atoms with Gasteiger partial charge in [0.15, 0.2) is 18.1 Å². The van der Waals surface area contributed by atoms with E-state index < -0.39 is 29.3 Å². The molecule has 1 saturated heterocycles. The van der Waals surface area contributed by atoms with Gasteiger partial charge in [0.05, 0.1) is 13.2 Å². The molecule has 0 amide bonds. The van der Waals surface area contributed by atoms with Crippen LogP contribution in [0.3, 0.4) is 0 Å². The lowest BCUT2D eigenvalue weighted by molar-refractivity contribution is -0.140. The maximum Gasteiger partial charge on any atom is 0.351 e. The molecule has 0 unspecified atom stereocenters. The fourth-order valence-corrected chi connectivity index (χ4v) is 8.14. The van der Waals surface area contributed by atoms with Gasteiger partial charge in [0.1, 0.15) is 34.4 Å². The molecular formula is C46H35N3O6. The lowest BCUT2D eigenvalue weighted by Gasteiger charge is -2.41. The topological polar surface area (TPSA) is 93.1 Å². The van der Waals surface area contributed by atoms with E-state index in [0.29, 0.717) is 17.3 Å². The summed E-state index contributed by atoms with van der Waals surface area (Å²) in [5.41, 5.74) is 3.10. The lowest BCUT2D eigenvalue weighted by Crippen LogP contribution is -2.41. The van der Waals surface area contributed by atoms with Gasteiger partial charge in [-0.1, -0.05) is 133 Å². The summed E-state index contributed by atoms with van der Waals surface area (Å²) in [4.78, 5) is 18.4. The number of nitrogens with zero attached hydrogens (tertiary/aromatic N) is 2. The molecule has 3 aliphatic rings. The van der Waals surface area contributed by atoms with E-state index in [1.165, 1.54) is 4.57 Å². The van der Waals surface area contributed by atoms with Crippen LogP contribution in [-0.4, -0.2) is 29.1 Å². The number of anilines is 1. The normalized spacial score (nSPS) is 18.4. The number of ether oxygens (including phenoxy) is 5. The second kappa shape index (κ2) is 13.4. The standard InChI is InChI=1S/C46H35N3O6/c50-44-47-41(48-45(31-15-3-1-4-16-31)33-19-7-11-23-37(33)53-38-24-12-8-20-34(38)45)27-28-49(44)42-29-51-43(55-42)30-52-46(32-17-5-2-6-18-32)35-21-9-13-25-39(35)54-40-26-14-10-22-36(40)46/h1-28,42-43H,29-30H2,(H,47,48,50)/t42-,43-/m0/s1. The van der Waals surface area contributed by atoms with E-state index >= 15 is 0 Å². The number of fused-ring (bicyclic) bond motifs is 4. The van der Waals surface area contributed by atoms with Crippen LogP contribution in [0.1, 0.15) is 39.6 Å². The zero-order valence-electron chi connectivity index (χ0n) is 29.6. The van der Waals surface area contributed by atoms with Crippen LogP contribution in [-0.2, 0) is 25.4 Å². The molecule has 0 saturated carbocycles. The molecule has 0 spiro atoms. The van der Waals surface area contributed by atoms with Gasteiger partial charge in [0.2, 0.25) is 0 Å². The summed E-state index contributed by atoms with van der Waals surface area (Å²) >= 11 is 0. The van der Waals surface area contributed by atoms with Crippen LogP contribution in [0.2, 0.25) is 0 Å². The number of hydrogen-bond acceptors (Lipinski definition) is 8. The van der Waals surface area contributed by atoms with Crippen molar-refractivity contribution in [2.24, 2.45) is 0 Å². The Morgan fingerprint density at radius 2 is 1.11 bits per heavy atom. The van der Waals surface area contributed by atoms with Crippen molar-refractivity contribution in [3.8, 4) is 23.0 Å². The van der Waals surface area contributed by atoms with E-state index in [2.05, 4.69) is 34.6 Å². The molecule has 10 rings (SSSR count). The maximum atomic E-state index is 13.8. The Balaban J connectivity index is 0.945. The van der Waals surface area contributed by atoms with Gasteiger partial charge in [-0.2, -0.15) is 4.98 Å². The highest BCUT2D eigenvalue weighted by atomic mass is 16.7. The third-order valence-electron chi connectivity index (χ3n) is 10.6. The molecule has 1 aromatic heterocycles. The SMILES string of the molecule is O=c1nc(NC2(c3ccccc3)c3ccccc3Oc3ccccc32)ccn1[C@@H]1CO[C@H](COC2(c3ccccc3)c3ccccc3Oc3ccccc32)O1. The van der Waals surface area contributed by atoms with Crippen molar-refractivity contribution in [1.82, 2.24) is 9.55 Å². The molecule has 0 aliphatic carbocycles. The molecule has 6 aromatic carbocycles. The number of rotatable bonds is 8. The number of aromatic nitrogens is 2. The van der Waals surface area contributed by atoms with Gasteiger partial charge in [-0.05, 0) is 41.5 Å². The van der Waals surface area contributed by atoms with Crippen molar-refractivity contribution in [3.63, 3.8) is 0 Å². The minimum Gasteiger partial charge on any atom is -0.457 e. The Hall–Kier alpha value is -6.52. The van der Waals surface area contributed by atoms with Crippen LogP contribution >= 0.6 is 0 Å². The molecule has 55 heavy (non-hydrogen) atoms. The van der Waals surface area contributed by atoms with Crippen LogP contribution < -0.4 is 20.5 Å². The molecule has 1 fully saturated rings. The number of benzene rings is 6. The predicted octanol–water partition coefficient (Wildman–Crippen LogP) is 8.74. The van der Waals surface area contributed by atoms with Crippen LogP contribution in [0.5, 0.6) is 23.0 Å². The van der Waals surface area contributed by atoms with Crippen molar-refractivity contribution in [1.29, 1.82) is 0 Å². The second-order valence-corrected chi connectivity index (χ2v) is 13.6. The molecular weight excluding hydrogens is 691 g/mol. The first-order valence-electron chi connectivity index (χ1n) is 18.3. The third kappa shape index (κ3) is 5.43. The molecule has 2 atom stereocenters. The summed E-state index contributed by atoms with van der Waals surface area (Å²) in [7, 11) is 0. The molecule has 9 nitrogen and oxygen atoms in total. The van der Waals surface area contributed by atoms with Gasteiger partial charge in [-0.25, -0.2) is 4.79 Å². The van der Waals surface area contributed by atoms with Crippen molar-refractivity contribution < 1.29 is 23.7 Å². The minimum absolute atomic E-state index is 0.0797. The van der Waals surface area contributed by atoms with E-state index in [1.807, 2.05) is 133 Å². The average molecular weight is 726 g/mol. The second-order valence-electron chi connectivity index (χ2n) is 13.6. The summed E-state index contributed by atoms with van der Waals surface area (Å²) in [6, 6.07) is 53.7. The van der Waals surface area contributed by atoms with Crippen molar-refractivity contribution >= 4 is 5.82 Å². The molecule has 4 heterocycles. The first kappa shape index (κ1) is 33.1. The summed E-state index contributed by atoms with van der Waals surface area (Å²) in [6.45, 7) is 0.222. The van der Waals surface area contributed by atoms with E-state index in [-0.39, 0.29) is 13.2 Å². The number of para-hydroxylation sites is 4. The van der Waals surface area contributed by atoms with E-state index in [1.54, 1.807) is 12.3 Å². The minimum atomic E-state index is -1.00. The maximum absolute atomic E-state index is 13.8. The van der Waals surface area contributed by atoms with Gasteiger partial charge >= 0.3 is 5.69 Å². The number of nitrogens with one attached hydrogen (secondary N) is 1. The smallest absolute Gasteiger partial charge is 0.351 e. The third-order valence-corrected chi connectivity index (χ3v) is 10.6. The molecule has 7 aromatic rings. The Morgan fingerprint density at radius 1 is 0.618 bits per heavy atom. The number of hydrogen-bond donors (Lipinski definition) is 1. The van der Waals surface area contributed by atoms with Crippen LogP contribution in [0.25, 0.3) is 0 Å². The van der Waals surface area contributed by atoms with Crippen LogP contribution in [0.15, 0.2) is 175 Å².